The molecular formula is C12H16BrClN2O2. The van der Waals surface area contributed by atoms with Crippen LogP contribution in [0.5, 0.6) is 5.75 Å². The van der Waals surface area contributed by atoms with E-state index in [2.05, 4.69) is 26.6 Å². The van der Waals surface area contributed by atoms with E-state index in [1.54, 1.807) is 18.2 Å². The number of rotatable bonds is 2. The fourth-order valence-electron chi connectivity index (χ4n) is 1.90. The first kappa shape index (κ1) is 15.3. The molecule has 2 rings (SSSR count). The van der Waals surface area contributed by atoms with Crippen LogP contribution in [0.2, 0.25) is 0 Å². The lowest BCUT2D eigenvalue weighted by Crippen LogP contribution is -2.43. The number of phenolic OH excluding ortho intramolecular Hbond substituents is 1. The van der Waals surface area contributed by atoms with E-state index in [0.717, 1.165) is 30.3 Å². The minimum atomic E-state index is -0.151. The van der Waals surface area contributed by atoms with E-state index in [0.29, 0.717) is 5.69 Å². The summed E-state index contributed by atoms with van der Waals surface area (Å²) in [5.74, 6) is -0.00420. The SMILES string of the molecule is Cl.O=C(Nc1cc(Br)ccc1O)[C@@H]1CCCCN1. The Morgan fingerprint density at radius 2 is 2.22 bits per heavy atom. The first-order valence-electron chi connectivity index (χ1n) is 5.69. The molecule has 1 saturated heterocycles. The predicted molar refractivity (Wildman–Crippen MR) is 77.3 cm³/mol. The van der Waals surface area contributed by atoms with Crippen LogP contribution in [0, 0.1) is 0 Å². The molecule has 100 valence electrons. The van der Waals surface area contributed by atoms with Gasteiger partial charge < -0.3 is 15.7 Å². The van der Waals surface area contributed by atoms with Crippen molar-refractivity contribution in [3.63, 3.8) is 0 Å². The van der Waals surface area contributed by atoms with Crippen molar-refractivity contribution in [1.82, 2.24) is 5.32 Å². The molecule has 1 aliphatic heterocycles. The van der Waals surface area contributed by atoms with Crippen molar-refractivity contribution in [2.75, 3.05) is 11.9 Å². The number of aromatic hydroxyl groups is 1. The standard InChI is InChI=1S/C12H15BrN2O2.ClH/c13-8-4-5-11(16)10(7-8)15-12(17)9-3-1-2-6-14-9;/h4-5,7,9,14,16H,1-3,6H2,(H,15,17);1H/t9-;/m0./s1. The maximum absolute atomic E-state index is 11.9. The number of hydrogen-bond acceptors (Lipinski definition) is 3. The van der Waals surface area contributed by atoms with Gasteiger partial charge in [-0.15, -0.1) is 12.4 Å². The number of amides is 1. The maximum Gasteiger partial charge on any atom is 0.241 e. The molecule has 1 heterocycles. The lowest BCUT2D eigenvalue weighted by molar-refractivity contribution is -0.118. The summed E-state index contributed by atoms with van der Waals surface area (Å²) >= 11 is 3.30. The molecule has 1 aromatic rings. The van der Waals surface area contributed by atoms with Crippen molar-refractivity contribution in [2.45, 2.75) is 25.3 Å². The monoisotopic (exact) mass is 334 g/mol. The van der Waals surface area contributed by atoms with Crippen LogP contribution >= 0.6 is 28.3 Å². The fourth-order valence-corrected chi connectivity index (χ4v) is 2.26. The molecule has 0 radical (unpaired) electrons. The average Bonchev–Trinajstić information content (AvgIpc) is 2.35. The molecule has 0 unspecified atom stereocenters. The van der Waals surface area contributed by atoms with Gasteiger partial charge in [0.05, 0.1) is 11.7 Å². The van der Waals surface area contributed by atoms with Crippen LogP contribution in [0.3, 0.4) is 0 Å². The van der Waals surface area contributed by atoms with Gasteiger partial charge in [-0.3, -0.25) is 4.79 Å². The van der Waals surface area contributed by atoms with Crippen LogP contribution in [0.25, 0.3) is 0 Å². The Bertz CT molecular complexity index is 423. The Morgan fingerprint density at radius 3 is 2.89 bits per heavy atom. The highest BCUT2D eigenvalue weighted by atomic mass is 79.9. The zero-order valence-electron chi connectivity index (χ0n) is 9.78. The normalized spacial score (nSPS) is 18.8. The minimum absolute atomic E-state index is 0. The van der Waals surface area contributed by atoms with Gasteiger partial charge >= 0.3 is 0 Å². The first-order valence-corrected chi connectivity index (χ1v) is 6.49. The lowest BCUT2D eigenvalue weighted by Gasteiger charge is -2.22. The molecule has 1 atom stereocenters. The number of halogens is 2. The van der Waals surface area contributed by atoms with E-state index >= 15 is 0 Å². The zero-order chi connectivity index (χ0) is 12.3. The molecule has 0 saturated carbocycles. The van der Waals surface area contributed by atoms with E-state index in [9.17, 15) is 9.90 Å². The molecule has 0 aromatic heterocycles. The van der Waals surface area contributed by atoms with E-state index < -0.39 is 0 Å². The molecule has 6 heteroatoms. The summed E-state index contributed by atoms with van der Waals surface area (Å²) in [5.41, 5.74) is 0.441. The number of piperidine rings is 1. The van der Waals surface area contributed by atoms with Gasteiger partial charge in [0.15, 0.2) is 0 Å². The molecule has 1 aliphatic rings. The van der Waals surface area contributed by atoms with Gasteiger partial charge in [-0.25, -0.2) is 0 Å². The van der Waals surface area contributed by atoms with Crippen LogP contribution in [0.4, 0.5) is 5.69 Å². The Hall–Kier alpha value is -0.780. The minimum Gasteiger partial charge on any atom is -0.506 e. The summed E-state index contributed by atoms with van der Waals surface area (Å²) < 4.78 is 0.821. The third-order valence-corrected chi connectivity index (χ3v) is 3.34. The predicted octanol–water partition coefficient (Wildman–Crippen LogP) is 2.66. The second kappa shape index (κ2) is 6.97. The molecular weight excluding hydrogens is 320 g/mol. The molecule has 0 bridgehead atoms. The van der Waals surface area contributed by atoms with Crippen molar-refractivity contribution < 1.29 is 9.90 Å². The van der Waals surface area contributed by atoms with E-state index in [1.807, 2.05) is 0 Å². The number of carbonyl (C=O) groups excluding carboxylic acids is 1. The van der Waals surface area contributed by atoms with E-state index in [1.165, 1.54) is 0 Å². The molecule has 0 aliphatic carbocycles. The third kappa shape index (κ3) is 3.86. The van der Waals surface area contributed by atoms with E-state index in [4.69, 9.17) is 0 Å². The van der Waals surface area contributed by atoms with Crippen molar-refractivity contribution in [1.29, 1.82) is 0 Å². The Balaban J connectivity index is 0.00000162. The molecule has 1 amide bonds. The number of benzene rings is 1. The van der Waals surface area contributed by atoms with Crippen LogP contribution in [-0.4, -0.2) is 23.6 Å². The topological polar surface area (TPSA) is 61.4 Å². The summed E-state index contributed by atoms with van der Waals surface area (Å²) in [7, 11) is 0. The van der Waals surface area contributed by atoms with Gasteiger partial charge in [-0.1, -0.05) is 22.4 Å². The number of nitrogens with one attached hydrogen (secondary N) is 2. The average molecular weight is 336 g/mol. The summed E-state index contributed by atoms with van der Waals surface area (Å²) in [6.07, 6.45) is 3.03. The lowest BCUT2D eigenvalue weighted by atomic mass is 10.0. The fraction of sp³-hybridized carbons (Fsp3) is 0.417. The quantitative estimate of drug-likeness (QED) is 0.728. The number of hydrogen-bond donors (Lipinski definition) is 3. The second-order valence-electron chi connectivity index (χ2n) is 4.15. The van der Waals surface area contributed by atoms with Crippen LogP contribution < -0.4 is 10.6 Å². The number of carbonyl (C=O) groups is 1. The van der Waals surface area contributed by atoms with Crippen LogP contribution in [-0.2, 0) is 4.79 Å². The van der Waals surface area contributed by atoms with E-state index in [-0.39, 0.29) is 30.1 Å². The highest BCUT2D eigenvalue weighted by molar-refractivity contribution is 9.10. The zero-order valence-corrected chi connectivity index (χ0v) is 12.2. The van der Waals surface area contributed by atoms with Gasteiger partial charge in [0.2, 0.25) is 5.91 Å². The van der Waals surface area contributed by atoms with Crippen molar-refractivity contribution >= 4 is 39.9 Å². The maximum atomic E-state index is 11.9. The molecule has 3 N–H and O–H groups in total. The Morgan fingerprint density at radius 1 is 1.44 bits per heavy atom. The van der Waals surface area contributed by atoms with Crippen molar-refractivity contribution in [3.8, 4) is 5.75 Å². The summed E-state index contributed by atoms with van der Waals surface area (Å²) in [6, 6.07) is 4.82. The highest BCUT2D eigenvalue weighted by Gasteiger charge is 2.21. The second-order valence-corrected chi connectivity index (χ2v) is 5.07. The largest absolute Gasteiger partial charge is 0.506 e. The number of phenols is 1. The van der Waals surface area contributed by atoms with Crippen LogP contribution in [0.1, 0.15) is 19.3 Å². The molecule has 1 fully saturated rings. The van der Waals surface area contributed by atoms with Gasteiger partial charge in [-0.05, 0) is 37.6 Å². The first-order chi connectivity index (χ1) is 8.16. The number of anilines is 1. The molecule has 0 spiro atoms. The Kier molecular flexibility index (Phi) is 5.91. The van der Waals surface area contributed by atoms with Gasteiger partial charge in [0.1, 0.15) is 5.75 Å². The van der Waals surface area contributed by atoms with Gasteiger partial charge in [0.25, 0.3) is 0 Å². The highest BCUT2D eigenvalue weighted by Crippen LogP contribution is 2.27. The summed E-state index contributed by atoms with van der Waals surface area (Å²) in [4.78, 5) is 11.9. The molecule has 4 nitrogen and oxygen atoms in total. The van der Waals surface area contributed by atoms with Crippen LogP contribution in [0.15, 0.2) is 22.7 Å². The smallest absolute Gasteiger partial charge is 0.241 e. The Labute approximate surface area is 121 Å². The van der Waals surface area contributed by atoms with Crippen molar-refractivity contribution in [3.05, 3.63) is 22.7 Å². The van der Waals surface area contributed by atoms with Gasteiger partial charge in [0, 0.05) is 4.47 Å². The molecule has 1 aromatic carbocycles. The summed E-state index contributed by atoms with van der Waals surface area (Å²) in [6.45, 7) is 0.878. The van der Waals surface area contributed by atoms with Crippen molar-refractivity contribution in [2.24, 2.45) is 0 Å². The molecule has 18 heavy (non-hydrogen) atoms. The van der Waals surface area contributed by atoms with Gasteiger partial charge in [-0.2, -0.15) is 0 Å². The summed E-state index contributed by atoms with van der Waals surface area (Å²) in [5, 5.41) is 15.5. The third-order valence-electron chi connectivity index (χ3n) is 2.84.